The largest absolute Gasteiger partial charge is 0.480 e. The molecule has 1 N–H and O–H groups in total. The molecule has 0 aromatic rings. The SMILES string of the molecule is CCCCN(C(=O)N1CSCC1C(=O)O)C1CC1. The molecule has 102 valence electrons. The van der Waals surface area contributed by atoms with E-state index in [9.17, 15) is 9.59 Å². The van der Waals surface area contributed by atoms with E-state index in [0.29, 0.717) is 17.7 Å². The third kappa shape index (κ3) is 2.91. The van der Waals surface area contributed by atoms with E-state index in [2.05, 4.69) is 6.92 Å². The average molecular weight is 272 g/mol. The fraction of sp³-hybridized carbons (Fsp3) is 0.833. The van der Waals surface area contributed by atoms with Gasteiger partial charge in [-0.3, -0.25) is 0 Å². The predicted octanol–water partition coefficient (Wildman–Crippen LogP) is 1.83. The van der Waals surface area contributed by atoms with E-state index in [1.54, 1.807) is 0 Å². The number of carboxylic acid groups (broad SMARTS) is 1. The number of urea groups is 1. The molecule has 5 nitrogen and oxygen atoms in total. The summed E-state index contributed by atoms with van der Waals surface area (Å²) in [6, 6.07) is -0.377. The van der Waals surface area contributed by atoms with Gasteiger partial charge >= 0.3 is 12.0 Å². The number of aliphatic carboxylic acids is 1. The molecular formula is C12H20N2O3S. The van der Waals surface area contributed by atoms with Crippen molar-refractivity contribution in [2.45, 2.75) is 44.7 Å². The zero-order chi connectivity index (χ0) is 13.1. The Labute approximate surface area is 112 Å². The van der Waals surface area contributed by atoms with Gasteiger partial charge < -0.3 is 14.9 Å². The molecule has 0 radical (unpaired) electrons. The Balaban J connectivity index is 2.00. The molecule has 2 rings (SSSR count). The molecule has 1 atom stereocenters. The Hall–Kier alpha value is -0.910. The highest BCUT2D eigenvalue weighted by Gasteiger charge is 2.40. The minimum atomic E-state index is -0.889. The number of unbranched alkanes of at least 4 members (excludes halogenated alkanes) is 1. The summed E-state index contributed by atoms with van der Waals surface area (Å²) in [4.78, 5) is 26.9. The lowest BCUT2D eigenvalue weighted by Crippen LogP contribution is -2.49. The lowest BCUT2D eigenvalue weighted by molar-refractivity contribution is -0.140. The number of carbonyl (C=O) groups excluding carboxylic acids is 1. The van der Waals surface area contributed by atoms with Gasteiger partial charge in [-0.2, -0.15) is 0 Å². The van der Waals surface area contributed by atoms with Gasteiger partial charge in [0, 0.05) is 18.3 Å². The monoisotopic (exact) mass is 272 g/mol. The minimum Gasteiger partial charge on any atom is -0.480 e. The van der Waals surface area contributed by atoms with Crippen LogP contribution in [0.4, 0.5) is 4.79 Å². The third-order valence-electron chi connectivity index (χ3n) is 3.40. The van der Waals surface area contributed by atoms with Crippen molar-refractivity contribution in [3.63, 3.8) is 0 Å². The van der Waals surface area contributed by atoms with Crippen molar-refractivity contribution in [3.05, 3.63) is 0 Å². The second kappa shape index (κ2) is 5.82. The predicted molar refractivity (Wildman–Crippen MR) is 70.6 cm³/mol. The van der Waals surface area contributed by atoms with Crippen LogP contribution in [0.15, 0.2) is 0 Å². The van der Waals surface area contributed by atoms with Crippen LogP contribution in [0.2, 0.25) is 0 Å². The minimum absolute atomic E-state index is 0.0802. The maximum absolute atomic E-state index is 12.4. The quantitative estimate of drug-likeness (QED) is 0.829. The molecule has 0 bridgehead atoms. The van der Waals surface area contributed by atoms with Crippen LogP contribution in [0, 0.1) is 0 Å². The maximum Gasteiger partial charge on any atom is 0.327 e. The van der Waals surface area contributed by atoms with Gasteiger partial charge in [-0.05, 0) is 19.3 Å². The lowest BCUT2D eigenvalue weighted by Gasteiger charge is -2.29. The summed E-state index contributed by atoms with van der Waals surface area (Å²) in [5.74, 6) is 0.123. The van der Waals surface area contributed by atoms with Crippen molar-refractivity contribution >= 4 is 23.8 Å². The van der Waals surface area contributed by atoms with Crippen LogP contribution in [-0.4, -0.2) is 57.2 Å². The molecule has 1 aliphatic heterocycles. The van der Waals surface area contributed by atoms with Gasteiger partial charge in [-0.1, -0.05) is 13.3 Å². The number of carbonyl (C=O) groups is 2. The van der Waals surface area contributed by atoms with Gasteiger partial charge in [0.05, 0.1) is 5.88 Å². The molecule has 1 saturated carbocycles. The van der Waals surface area contributed by atoms with E-state index in [4.69, 9.17) is 5.11 Å². The van der Waals surface area contributed by atoms with E-state index in [0.717, 1.165) is 32.2 Å². The smallest absolute Gasteiger partial charge is 0.327 e. The molecule has 0 aromatic carbocycles. The first-order valence-electron chi connectivity index (χ1n) is 6.53. The molecule has 1 saturated heterocycles. The fourth-order valence-electron chi connectivity index (χ4n) is 2.15. The Bertz CT molecular complexity index is 333. The Morgan fingerprint density at radius 2 is 2.17 bits per heavy atom. The van der Waals surface area contributed by atoms with Crippen LogP contribution >= 0.6 is 11.8 Å². The summed E-state index contributed by atoms with van der Waals surface area (Å²) in [6.07, 6.45) is 4.16. The summed E-state index contributed by atoms with van der Waals surface area (Å²) < 4.78 is 0. The van der Waals surface area contributed by atoms with Gasteiger partial charge in [-0.15, -0.1) is 11.8 Å². The number of nitrogens with zero attached hydrogens (tertiary/aromatic N) is 2. The number of hydrogen-bond donors (Lipinski definition) is 1. The molecule has 0 aromatic heterocycles. The summed E-state index contributed by atoms with van der Waals surface area (Å²) >= 11 is 1.52. The van der Waals surface area contributed by atoms with Crippen molar-refractivity contribution in [2.75, 3.05) is 18.2 Å². The zero-order valence-electron chi connectivity index (χ0n) is 10.7. The van der Waals surface area contributed by atoms with Crippen molar-refractivity contribution < 1.29 is 14.7 Å². The van der Waals surface area contributed by atoms with Gasteiger partial charge in [0.2, 0.25) is 0 Å². The molecular weight excluding hydrogens is 252 g/mol. The summed E-state index contributed by atoms with van der Waals surface area (Å²) in [6.45, 7) is 2.86. The molecule has 2 amide bonds. The number of hydrogen-bond acceptors (Lipinski definition) is 3. The van der Waals surface area contributed by atoms with Crippen molar-refractivity contribution in [2.24, 2.45) is 0 Å². The highest BCUT2D eigenvalue weighted by atomic mass is 32.2. The van der Waals surface area contributed by atoms with E-state index in [-0.39, 0.29) is 6.03 Å². The molecule has 0 spiro atoms. The van der Waals surface area contributed by atoms with Crippen molar-refractivity contribution in [3.8, 4) is 0 Å². The molecule has 1 aliphatic carbocycles. The van der Waals surface area contributed by atoms with Crippen LogP contribution < -0.4 is 0 Å². The summed E-state index contributed by atoms with van der Waals surface area (Å²) in [5, 5.41) is 9.12. The Morgan fingerprint density at radius 1 is 1.44 bits per heavy atom. The van der Waals surface area contributed by atoms with Crippen LogP contribution in [0.1, 0.15) is 32.6 Å². The van der Waals surface area contributed by atoms with Crippen LogP contribution in [-0.2, 0) is 4.79 Å². The topological polar surface area (TPSA) is 60.9 Å². The van der Waals surface area contributed by atoms with Crippen molar-refractivity contribution in [1.82, 2.24) is 9.80 Å². The fourth-order valence-corrected chi connectivity index (χ4v) is 3.29. The number of carboxylic acids is 1. The molecule has 18 heavy (non-hydrogen) atoms. The second-order valence-electron chi connectivity index (χ2n) is 4.88. The highest BCUT2D eigenvalue weighted by molar-refractivity contribution is 7.99. The summed E-state index contributed by atoms with van der Waals surface area (Å²) in [7, 11) is 0. The Kier molecular flexibility index (Phi) is 4.37. The lowest BCUT2D eigenvalue weighted by atomic mass is 10.3. The summed E-state index contributed by atoms with van der Waals surface area (Å²) in [5.41, 5.74) is 0. The molecule has 2 fully saturated rings. The highest BCUT2D eigenvalue weighted by Crippen LogP contribution is 2.30. The molecule has 2 aliphatic rings. The van der Waals surface area contributed by atoms with Crippen LogP contribution in [0.5, 0.6) is 0 Å². The van der Waals surface area contributed by atoms with E-state index in [1.165, 1.54) is 16.7 Å². The first-order chi connectivity index (χ1) is 8.65. The number of thioether (sulfide) groups is 1. The van der Waals surface area contributed by atoms with E-state index < -0.39 is 12.0 Å². The van der Waals surface area contributed by atoms with Crippen LogP contribution in [0.3, 0.4) is 0 Å². The van der Waals surface area contributed by atoms with Crippen molar-refractivity contribution in [1.29, 1.82) is 0 Å². The Morgan fingerprint density at radius 3 is 2.72 bits per heavy atom. The van der Waals surface area contributed by atoms with Crippen LogP contribution in [0.25, 0.3) is 0 Å². The molecule has 1 unspecified atom stereocenters. The van der Waals surface area contributed by atoms with E-state index >= 15 is 0 Å². The third-order valence-corrected chi connectivity index (χ3v) is 4.41. The zero-order valence-corrected chi connectivity index (χ0v) is 11.5. The van der Waals surface area contributed by atoms with E-state index in [1.807, 2.05) is 4.90 Å². The van der Waals surface area contributed by atoms with Gasteiger partial charge in [0.25, 0.3) is 0 Å². The molecule has 6 heteroatoms. The average Bonchev–Trinajstić information content (AvgIpc) is 3.05. The number of amides is 2. The van der Waals surface area contributed by atoms with Gasteiger partial charge in [-0.25, -0.2) is 9.59 Å². The maximum atomic E-state index is 12.4. The van der Waals surface area contributed by atoms with Gasteiger partial charge in [0.1, 0.15) is 6.04 Å². The van der Waals surface area contributed by atoms with Gasteiger partial charge in [0.15, 0.2) is 0 Å². The standard InChI is InChI=1S/C12H20N2O3S/c1-2-3-6-13(9-4-5-9)12(17)14-8-18-7-10(14)11(15)16/h9-10H,2-8H2,1H3,(H,15,16). The first kappa shape index (κ1) is 13.5. The second-order valence-corrected chi connectivity index (χ2v) is 5.88. The first-order valence-corrected chi connectivity index (χ1v) is 7.68. The molecule has 1 heterocycles. The normalized spacial score (nSPS) is 23.2. The number of rotatable bonds is 5.